The van der Waals surface area contributed by atoms with Crippen LogP contribution in [-0.4, -0.2) is 60.8 Å². The summed E-state index contributed by atoms with van der Waals surface area (Å²) in [6, 6.07) is 3.74. The van der Waals surface area contributed by atoms with Gasteiger partial charge in [0.15, 0.2) is 0 Å². The average Bonchev–Trinajstić information content (AvgIpc) is 3.40. The first-order valence-electron chi connectivity index (χ1n) is 9.44. The van der Waals surface area contributed by atoms with Crippen LogP contribution in [0, 0.1) is 17.6 Å². The molecule has 0 aromatic heterocycles. The van der Waals surface area contributed by atoms with Crippen LogP contribution in [0.15, 0.2) is 18.2 Å². The van der Waals surface area contributed by atoms with Crippen molar-refractivity contribution in [2.24, 2.45) is 5.92 Å². The number of anilines is 1. The van der Waals surface area contributed by atoms with E-state index in [4.69, 9.17) is 4.74 Å². The Balaban J connectivity index is 1.32. The largest absolute Gasteiger partial charge is 0.381 e. The highest BCUT2D eigenvalue weighted by Crippen LogP contribution is 2.34. The van der Waals surface area contributed by atoms with Crippen molar-refractivity contribution in [3.8, 4) is 0 Å². The van der Waals surface area contributed by atoms with Crippen molar-refractivity contribution in [1.82, 2.24) is 9.80 Å². The lowest BCUT2D eigenvalue weighted by Crippen LogP contribution is -2.64. The Labute approximate surface area is 152 Å². The molecule has 0 spiro atoms. The normalized spacial score (nSPS) is 21.7. The fourth-order valence-corrected chi connectivity index (χ4v) is 3.83. The van der Waals surface area contributed by atoms with Crippen LogP contribution >= 0.6 is 0 Å². The van der Waals surface area contributed by atoms with Gasteiger partial charge in [-0.1, -0.05) is 0 Å². The smallest absolute Gasteiger partial charge is 0.322 e. The first-order chi connectivity index (χ1) is 12.6. The molecule has 7 heteroatoms. The quantitative estimate of drug-likeness (QED) is 0.872. The maximum Gasteiger partial charge on any atom is 0.322 e. The molecular formula is C19H25F2N3O2. The number of likely N-dealkylation sites (tertiary alicyclic amines) is 1. The van der Waals surface area contributed by atoms with E-state index in [1.54, 1.807) is 4.90 Å². The molecule has 1 aromatic rings. The Kier molecular flexibility index (Phi) is 5.09. The lowest BCUT2D eigenvalue weighted by atomic mass is 9.99. The van der Waals surface area contributed by atoms with E-state index in [2.05, 4.69) is 10.2 Å². The number of rotatable bonds is 5. The summed E-state index contributed by atoms with van der Waals surface area (Å²) >= 11 is 0. The minimum atomic E-state index is -0.756. The first-order valence-corrected chi connectivity index (χ1v) is 9.44. The zero-order valence-corrected chi connectivity index (χ0v) is 14.8. The van der Waals surface area contributed by atoms with Crippen molar-refractivity contribution in [1.29, 1.82) is 0 Å². The van der Waals surface area contributed by atoms with Crippen molar-refractivity contribution in [2.75, 3.05) is 38.2 Å². The van der Waals surface area contributed by atoms with Gasteiger partial charge in [-0.3, -0.25) is 4.90 Å². The zero-order chi connectivity index (χ0) is 18.1. The summed E-state index contributed by atoms with van der Waals surface area (Å²) in [7, 11) is 0. The van der Waals surface area contributed by atoms with Gasteiger partial charge in [-0.2, -0.15) is 0 Å². The summed E-state index contributed by atoms with van der Waals surface area (Å²) in [5.74, 6) is -0.612. The minimum absolute atomic E-state index is 0.0131. The van der Waals surface area contributed by atoms with E-state index in [1.807, 2.05) is 0 Å². The lowest BCUT2D eigenvalue weighted by molar-refractivity contribution is -0.0199. The molecule has 0 unspecified atom stereocenters. The summed E-state index contributed by atoms with van der Waals surface area (Å²) in [5, 5.41) is 2.54. The summed E-state index contributed by atoms with van der Waals surface area (Å²) in [4.78, 5) is 16.6. The van der Waals surface area contributed by atoms with Gasteiger partial charge >= 0.3 is 6.03 Å². The van der Waals surface area contributed by atoms with Gasteiger partial charge in [-0.15, -0.1) is 0 Å². The number of nitrogens with zero attached hydrogens (tertiary/aromatic N) is 2. The van der Waals surface area contributed by atoms with Gasteiger partial charge in [-0.05, 0) is 43.7 Å². The second-order valence-electron chi connectivity index (χ2n) is 7.60. The number of halogens is 2. The SMILES string of the molecule is O=C(Nc1ccc(F)cc1F)N1CC(N(CC2CC2)C2CCOCC2)C1. The summed E-state index contributed by atoms with van der Waals surface area (Å²) in [6.07, 6.45) is 4.72. The van der Waals surface area contributed by atoms with Crippen molar-refractivity contribution in [2.45, 2.75) is 37.8 Å². The molecule has 1 saturated carbocycles. The fourth-order valence-electron chi connectivity index (χ4n) is 3.83. The lowest BCUT2D eigenvalue weighted by Gasteiger charge is -2.49. The molecule has 1 aliphatic carbocycles. The predicted molar refractivity (Wildman–Crippen MR) is 94.0 cm³/mol. The number of ether oxygens (including phenoxy) is 1. The number of carbonyl (C=O) groups excluding carboxylic acids is 1. The summed E-state index contributed by atoms with van der Waals surface area (Å²) in [6.45, 7) is 4.04. The van der Waals surface area contributed by atoms with Crippen LogP contribution in [0.1, 0.15) is 25.7 Å². The number of urea groups is 1. The van der Waals surface area contributed by atoms with Crippen LogP contribution in [0.4, 0.5) is 19.3 Å². The molecule has 142 valence electrons. The van der Waals surface area contributed by atoms with E-state index in [0.717, 1.165) is 50.7 Å². The van der Waals surface area contributed by atoms with Gasteiger partial charge in [0.05, 0.1) is 5.69 Å². The summed E-state index contributed by atoms with van der Waals surface area (Å²) in [5.41, 5.74) is 0.0131. The highest BCUT2D eigenvalue weighted by atomic mass is 19.1. The van der Waals surface area contributed by atoms with Crippen LogP contribution in [0.5, 0.6) is 0 Å². The number of amides is 2. The van der Waals surface area contributed by atoms with Gasteiger partial charge in [0.2, 0.25) is 0 Å². The van der Waals surface area contributed by atoms with Crippen LogP contribution < -0.4 is 5.32 Å². The van der Waals surface area contributed by atoms with Gasteiger partial charge in [-0.25, -0.2) is 13.6 Å². The molecule has 4 rings (SSSR count). The van der Waals surface area contributed by atoms with Crippen LogP contribution in [0.3, 0.4) is 0 Å². The molecule has 2 aliphatic heterocycles. The predicted octanol–water partition coefficient (Wildman–Crippen LogP) is 3.07. The molecule has 3 fully saturated rings. The number of hydrogen-bond acceptors (Lipinski definition) is 3. The molecule has 0 atom stereocenters. The second-order valence-corrected chi connectivity index (χ2v) is 7.60. The first kappa shape index (κ1) is 17.7. The Bertz CT molecular complexity index is 656. The third kappa shape index (κ3) is 3.99. The van der Waals surface area contributed by atoms with Crippen molar-refractivity contribution < 1.29 is 18.3 Å². The molecule has 1 N–H and O–H groups in total. The van der Waals surface area contributed by atoms with Crippen LogP contribution in [0.25, 0.3) is 0 Å². The Morgan fingerprint density at radius 2 is 1.88 bits per heavy atom. The van der Waals surface area contributed by atoms with E-state index in [0.29, 0.717) is 25.2 Å². The summed E-state index contributed by atoms with van der Waals surface area (Å²) < 4.78 is 32.2. The molecule has 2 saturated heterocycles. The molecule has 2 heterocycles. The Morgan fingerprint density at radius 3 is 2.54 bits per heavy atom. The molecular weight excluding hydrogens is 340 g/mol. The highest BCUT2D eigenvalue weighted by Gasteiger charge is 2.40. The van der Waals surface area contributed by atoms with Gasteiger partial charge in [0.1, 0.15) is 11.6 Å². The van der Waals surface area contributed by atoms with Gasteiger partial charge < -0.3 is 15.0 Å². The number of hydrogen-bond donors (Lipinski definition) is 1. The third-order valence-corrected chi connectivity index (χ3v) is 5.62. The van der Waals surface area contributed by atoms with E-state index in [1.165, 1.54) is 18.9 Å². The van der Waals surface area contributed by atoms with Gasteiger partial charge in [0.25, 0.3) is 0 Å². The van der Waals surface area contributed by atoms with Crippen LogP contribution in [-0.2, 0) is 4.74 Å². The van der Waals surface area contributed by atoms with E-state index in [9.17, 15) is 13.6 Å². The topological polar surface area (TPSA) is 44.8 Å². The zero-order valence-electron chi connectivity index (χ0n) is 14.8. The number of nitrogens with one attached hydrogen (secondary N) is 1. The van der Waals surface area contributed by atoms with Crippen molar-refractivity contribution in [3.05, 3.63) is 29.8 Å². The molecule has 0 bridgehead atoms. The van der Waals surface area contributed by atoms with Gasteiger partial charge in [0, 0.05) is 51.0 Å². The Morgan fingerprint density at radius 1 is 1.15 bits per heavy atom. The molecule has 3 aliphatic rings. The standard InChI is InChI=1S/C19H25F2N3O2/c20-14-3-4-18(17(21)9-14)22-19(25)23-11-16(12-23)24(10-13-1-2-13)15-5-7-26-8-6-15/h3-4,9,13,15-16H,1-2,5-8,10-12H2,(H,22,25). The monoisotopic (exact) mass is 365 g/mol. The maximum atomic E-state index is 13.7. The highest BCUT2D eigenvalue weighted by molar-refractivity contribution is 5.90. The number of benzene rings is 1. The minimum Gasteiger partial charge on any atom is -0.381 e. The molecule has 1 aromatic carbocycles. The third-order valence-electron chi connectivity index (χ3n) is 5.62. The molecule has 5 nitrogen and oxygen atoms in total. The molecule has 0 radical (unpaired) electrons. The van der Waals surface area contributed by atoms with Crippen molar-refractivity contribution in [3.63, 3.8) is 0 Å². The number of carbonyl (C=O) groups is 1. The average molecular weight is 365 g/mol. The maximum absolute atomic E-state index is 13.7. The van der Waals surface area contributed by atoms with E-state index in [-0.39, 0.29) is 11.7 Å². The van der Waals surface area contributed by atoms with E-state index < -0.39 is 11.6 Å². The van der Waals surface area contributed by atoms with Crippen LogP contribution in [0.2, 0.25) is 0 Å². The Hall–Kier alpha value is -1.73. The van der Waals surface area contributed by atoms with E-state index >= 15 is 0 Å². The second kappa shape index (κ2) is 7.48. The fraction of sp³-hybridized carbons (Fsp3) is 0.632. The molecule has 26 heavy (non-hydrogen) atoms. The van der Waals surface area contributed by atoms with Crippen molar-refractivity contribution >= 4 is 11.7 Å². The molecule has 2 amide bonds.